The van der Waals surface area contributed by atoms with Crippen molar-refractivity contribution in [2.45, 2.75) is 25.8 Å². The molecule has 0 aliphatic heterocycles. The summed E-state index contributed by atoms with van der Waals surface area (Å²) < 4.78 is 16.6. The van der Waals surface area contributed by atoms with E-state index in [2.05, 4.69) is 0 Å². The van der Waals surface area contributed by atoms with Gasteiger partial charge in [-0.25, -0.2) is 4.67 Å². The summed E-state index contributed by atoms with van der Waals surface area (Å²) in [5.74, 6) is 0.142. The van der Waals surface area contributed by atoms with E-state index in [1.807, 2.05) is 103 Å². The van der Waals surface area contributed by atoms with Crippen LogP contribution in [0.5, 0.6) is 0 Å². The first kappa shape index (κ1) is 20.3. The number of nitrogens with zero attached hydrogens (tertiary/aromatic N) is 1. The lowest BCUT2D eigenvalue weighted by Gasteiger charge is -2.36. The molecule has 144 valence electrons. The normalized spacial score (nSPS) is 12.7. The summed E-state index contributed by atoms with van der Waals surface area (Å²) in [4.78, 5) is 11.7. The summed E-state index contributed by atoms with van der Waals surface area (Å²) in [6, 6.07) is 29.2. The molecule has 0 saturated carbocycles. The number of Topliss-reactive ketones (excluding diaryl/α,β-unsaturated/α-hetero) is 1. The molecule has 0 fully saturated rings. The molecular formula is C24H26NO2P. The summed E-state index contributed by atoms with van der Waals surface area (Å²) >= 11 is 0. The molecule has 0 saturated heterocycles. The van der Waals surface area contributed by atoms with Gasteiger partial charge >= 0.3 is 0 Å². The van der Waals surface area contributed by atoms with Gasteiger partial charge in [-0.2, -0.15) is 0 Å². The highest BCUT2D eigenvalue weighted by atomic mass is 31.2. The average Bonchev–Trinajstić information content (AvgIpc) is 2.75. The lowest BCUT2D eigenvalue weighted by molar-refractivity contribution is -0.117. The molecule has 3 aromatic rings. The number of hydrogen-bond acceptors (Lipinski definition) is 2. The quantitative estimate of drug-likeness (QED) is 0.510. The zero-order valence-corrected chi connectivity index (χ0v) is 17.3. The van der Waals surface area contributed by atoms with Crippen molar-refractivity contribution in [3.05, 3.63) is 96.6 Å². The Bertz CT molecular complexity index is 899. The second kappa shape index (κ2) is 9.14. The predicted octanol–water partition coefficient (Wildman–Crippen LogP) is 4.96. The van der Waals surface area contributed by atoms with Crippen LogP contribution in [-0.4, -0.2) is 17.5 Å². The van der Waals surface area contributed by atoms with Crippen LogP contribution in [0.15, 0.2) is 91.0 Å². The first-order valence-corrected chi connectivity index (χ1v) is 11.2. The summed E-state index contributed by atoms with van der Waals surface area (Å²) in [7, 11) is -1.16. The van der Waals surface area contributed by atoms with Crippen LogP contribution in [0.2, 0.25) is 0 Å². The van der Waals surface area contributed by atoms with E-state index in [4.69, 9.17) is 0 Å². The monoisotopic (exact) mass is 391 g/mol. The summed E-state index contributed by atoms with van der Waals surface area (Å²) in [6.07, 6.45) is 1.08. The molecule has 0 aliphatic rings. The highest BCUT2D eigenvalue weighted by Crippen LogP contribution is 2.51. The number of carbonyl (C=O) groups is 1. The number of carbonyl (C=O) groups excluding carboxylic acids is 1. The van der Waals surface area contributed by atoms with Gasteiger partial charge in [0.2, 0.25) is 7.29 Å². The van der Waals surface area contributed by atoms with E-state index in [1.165, 1.54) is 0 Å². The molecule has 1 unspecified atom stereocenters. The Balaban J connectivity index is 2.11. The van der Waals surface area contributed by atoms with E-state index >= 15 is 0 Å². The van der Waals surface area contributed by atoms with Gasteiger partial charge in [0.15, 0.2) is 0 Å². The first-order valence-electron chi connectivity index (χ1n) is 9.52. The van der Waals surface area contributed by atoms with Gasteiger partial charge in [0, 0.05) is 23.1 Å². The Kier molecular flexibility index (Phi) is 6.61. The molecule has 0 heterocycles. The standard InChI is InChI=1S/C24H26NO2P/c1-20(26)18-19-24(21-12-6-3-7-13-21)25(2)28(27,22-14-8-4-9-15-22)23-16-10-5-11-17-23/h3-17,24H,18-19H2,1-2H3. The maximum absolute atomic E-state index is 14.6. The van der Waals surface area contributed by atoms with Crippen LogP contribution >= 0.6 is 7.29 Å². The van der Waals surface area contributed by atoms with Crippen LogP contribution in [0, 0.1) is 0 Å². The van der Waals surface area contributed by atoms with Crippen LogP contribution in [0.25, 0.3) is 0 Å². The van der Waals surface area contributed by atoms with Gasteiger partial charge in [-0.15, -0.1) is 0 Å². The van der Waals surface area contributed by atoms with Gasteiger partial charge in [0.1, 0.15) is 5.78 Å². The lowest BCUT2D eigenvalue weighted by Crippen LogP contribution is -2.32. The Hall–Kier alpha value is -2.48. The van der Waals surface area contributed by atoms with Crippen molar-refractivity contribution in [3.8, 4) is 0 Å². The Morgan fingerprint density at radius 1 is 0.821 bits per heavy atom. The molecule has 0 radical (unpaired) electrons. The van der Waals surface area contributed by atoms with E-state index in [0.29, 0.717) is 12.8 Å². The number of hydrogen-bond donors (Lipinski definition) is 0. The van der Waals surface area contributed by atoms with E-state index in [-0.39, 0.29) is 11.8 Å². The third kappa shape index (κ3) is 4.32. The molecule has 28 heavy (non-hydrogen) atoms. The zero-order valence-electron chi connectivity index (χ0n) is 16.4. The fourth-order valence-corrected chi connectivity index (χ4v) is 6.37. The third-order valence-corrected chi connectivity index (χ3v) is 8.23. The maximum atomic E-state index is 14.6. The van der Waals surface area contributed by atoms with Crippen molar-refractivity contribution in [1.29, 1.82) is 0 Å². The molecule has 3 nitrogen and oxygen atoms in total. The Morgan fingerprint density at radius 3 is 1.68 bits per heavy atom. The van der Waals surface area contributed by atoms with Crippen molar-refractivity contribution < 1.29 is 9.36 Å². The van der Waals surface area contributed by atoms with Crippen LogP contribution < -0.4 is 10.6 Å². The van der Waals surface area contributed by atoms with E-state index < -0.39 is 7.29 Å². The number of benzene rings is 3. The fourth-order valence-electron chi connectivity index (χ4n) is 3.55. The Labute approximate surface area is 167 Å². The second-order valence-corrected chi connectivity index (χ2v) is 9.80. The minimum absolute atomic E-state index is 0.128. The highest BCUT2D eigenvalue weighted by molar-refractivity contribution is 7.76. The third-order valence-electron chi connectivity index (χ3n) is 5.06. The largest absolute Gasteiger partial charge is 0.300 e. The first-order chi connectivity index (χ1) is 13.5. The van der Waals surface area contributed by atoms with Crippen molar-refractivity contribution in [1.82, 2.24) is 4.67 Å². The van der Waals surface area contributed by atoms with E-state index in [9.17, 15) is 9.36 Å². The summed E-state index contributed by atoms with van der Waals surface area (Å²) in [5.41, 5.74) is 1.07. The topological polar surface area (TPSA) is 37.4 Å². The molecule has 1 atom stereocenters. The van der Waals surface area contributed by atoms with Gasteiger partial charge in [0.05, 0.1) is 0 Å². The van der Waals surface area contributed by atoms with Gasteiger partial charge < -0.3 is 4.79 Å². The molecule has 0 spiro atoms. The molecule has 0 aliphatic carbocycles. The summed E-state index contributed by atoms with van der Waals surface area (Å²) in [6.45, 7) is 1.61. The molecule has 4 heteroatoms. The van der Waals surface area contributed by atoms with Gasteiger partial charge in [0.25, 0.3) is 0 Å². The van der Waals surface area contributed by atoms with Gasteiger partial charge in [-0.3, -0.25) is 4.57 Å². The smallest absolute Gasteiger partial charge is 0.207 e. The predicted molar refractivity (Wildman–Crippen MR) is 117 cm³/mol. The maximum Gasteiger partial charge on any atom is 0.207 e. The number of ketones is 1. The van der Waals surface area contributed by atoms with Crippen molar-refractivity contribution in [2.24, 2.45) is 0 Å². The highest BCUT2D eigenvalue weighted by Gasteiger charge is 2.36. The minimum Gasteiger partial charge on any atom is -0.300 e. The average molecular weight is 391 g/mol. The van der Waals surface area contributed by atoms with Crippen molar-refractivity contribution >= 4 is 23.7 Å². The zero-order chi connectivity index (χ0) is 20.0. The molecule has 3 aromatic carbocycles. The van der Waals surface area contributed by atoms with Crippen molar-refractivity contribution in [2.75, 3.05) is 7.05 Å². The fraction of sp³-hybridized carbons (Fsp3) is 0.208. The molecular weight excluding hydrogens is 365 g/mol. The van der Waals surface area contributed by atoms with E-state index in [1.54, 1.807) is 6.92 Å². The van der Waals surface area contributed by atoms with Gasteiger partial charge in [-0.05, 0) is 50.2 Å². The van der Waals surface area contributed by atoms with Crippen LogP contribution in [0.4, 0.5) is 0 Å². The van der Waals surface area contributed by atoms with Gasteiger partial charge in [-0.1, -0.05) is 66.7 Å². The lowest BCUT2D eigenvalue weighted by atomic mass is 10.0. The number of rotatable bonds is 8. The Morgan fingerprint density at radius 2 is 1.25 bits per heavy atom. The van der Waals surface area contributed by atoms with Crippen LogP contribution in [-0.2, 0) is 9.36 Å². The molecule has 0 amide bonds. The molecule has 3 rings (SSSR count). The molecule has 0 N–H and O–H groups in total. The second-order valence-electron chi connectivity index (χ2n) is 6.99. The SMILES string of the molecule is CC(=O)CCC(c1ccccc1)N(C)P(=O)(c1ccccc1)c1ccccc1. The molecule has 0 bridgehead atoms. The minimum atomic E-state index is -3.07. The van der Waals surface area contributed by atoms with Crippen LogP contribution in [0.3, 0.4) is 0 Å². The summed E-state index contributed by atoms with van der Waals surface area (Å²) in [5, 5.41) is 1.60. The van der Waals surface area contributed by atoms with Crippen molar-refractivity contribution in [3.63, 3.8) is 0 Å². The molecule has 0 aromatic heterocycles. The van der Waals surface area contributed by atoms with E-state index in [0.717, 1.165) is 16.2 Å². The van der Waals surface area contributed by atoms with Crippen LogP contribution in [0.1, 0.15) is 31.4 Å².